The maximum Gasteiger partial charge on any atom is 0.311 e. The van der Waals surface area contributed by atoms with E-state index in [2.05, 4.69) is 5.32 Å². The maximum absolute atomic E-state index is 12.4. The van der Waals surface area contributed by atoms with Crippen molar-refractivity contribution in [2.45, 2.75) is 13.3 Å². The van der Waals surface area contributed by atoms with Gasteiger partial charge in [-0.15, -0.1) is 0 Å². The van der Waals surface area contributed by atoms with Crippen LogP contribution >= 0.6 is 0 Å². The maximum atomic E-state index is 12.4. The Labute approximate surface area is 174 Å². The average molecular weight is 412 g/mol. The number of ether oxygens (including phenoxy) is 3. The molecule has 0 unspecified atom stereocenters. The van der Waals surface area contributed by atoms with Gasteiger partial charge in [-0.1, -0.05) is 24.3 Å². The number of benzene rings is 2. The molecule has 2 amide bonds. The minimum Gasteiger partial charge on any atom is -0.495 e. The molecule has 1 saturated heterocycles. The molecule has 158 valence electrons. The Morgan fingerprint density at radius 1 is 1.10 bits per heavy atom. The van der Waals surface area contributed by atoms with Gasteiger partial charge in [-0.05, 0) is 31.2 Å². The molecule has 0 bridgehead atoms. The fraction of sp³-hybridized carbons (Fsp3) is 0.318. The van der Waals surface area contributed by atoms with Crippen LogP contribution in [0.5, 0.6) is 11.5 Å². The Kier molecular flexibility index (Phi) is 6.90. The summed E-state index contributed by atoms with van der Waals surface area (Å²) in [4.78, 5) is 38.5. The molecule has 8 heteroatoms. The molecule has 3 rings (SSSR count). The van der Waals surface area contributed by atoms with E-state index in [-0.39, 0.29) is 18.9 Å². The summed E-state index contributed by atoms with van der Waals surface area (Å²) in [7, 11) is 1.52. The van der Waals surface area contributed by atoms with E-state index >= 15 is 0 Å². The highest BCUT2D eigenvalue weighted by molar-refractivity contribution is 6.01. The van der Waals surface area contributed by atoms with E-state index in [0.29, 0.717) is 29.5 Å². The van der Waals surface area contributed by atoms with Crippen molar-refractivity contribution in [1.82, 2.24) is 0 Å². The standard InChI is InChI=1S/C22H24N2O6/c1-3-29-18-10-6-4-8-16(18)23-20(25)14-30-22(27)15-12-21(26)24(13-15)17-9-5-7-11-19(17)28-2/h4-11,15H,3,12-14H2,1-2H3,(H,23,25)/t15-/m0/s1. The van der Waals surface area contributed by atoms with Crippen LogP contribution in [0.2, 0.25) is 0 Å². The summed E-state index contributed by atoms with van der Waals surface area (Å²) in [5.74, 6) is -0.835. The van der Waals surface area contributed by atoms with E-state index in [1.54, 1.807) is 48.5 Å². The zero-order valence-electron chi connectivity index (χ0n) is 16.9. The molecule has 2 aromatic rings. The summed E-state index contributed by atoms with van der Waals surface area (Å²) in [6.45, 7) is 2.03. The van der Waals surface area contributed by atoms with Crippen molar-refractivity contribution in [2.75, 3.05) is 37.1 Å². The molecule has 8 nitrogen and oxygen atoms in total. The Morgan fingerprint density at radius 2 is 1.80 bits per heavy atom. The number of nitrogens with zero attached hydrogens (tertiary/aromatic N) is 1. The Hall–Kier alpha value is -3.55. The van der Waals surface area contributed by atoms with Crippen molar-refractivity contribution in [3.63, 3.8) is 0 Å². The van der Waals surface area contributed by atoms with Crippen LogP contribution in [-0.4, -0.2) is 44.7 Å². The molecule has 0 aliphatic carbocycles. The number of rotatable bonds is 8. The first kappa shape index (κ1) is 21.2. The predicted octanol–water partition coefficient (Wildman–Crippen LogP) is 2.63. The summed E-state index contributed by atoms with van der Waals surface area (Å²) in [5, 5.41) is 2.66. The van der Waals surface area contributed by atoms with Crippen molar-refractivity contribution in [1.29, 1.82) is 0 Å². The van der Waals surface area contributed by atoms with E-state index in [0.717, 1.165) is 0 Å². The molecule has 0 saturated carbocycles. The Balaban J connectivity index is 1.55. The summed E-state index contributed by atoms with van der Waals surface area (Å²) in [6, 6.07) is 14.1. The van der Waals surface area contributed by atoms with Crippen molar-refractivity contribution in [2.24, 2.45) is 5.92 Å². The van der Waals surface area contributed by atoms with E-state index in [1.807, 2.05) is 6.92 Å². The second kappa shape index (κ2) is 9.78. The smallest absolute Gasteiger partial charge is 0.311 e. The number of nitrogens with one attached hydrogen (secondary N) is 1. The zero-order valence-corrected chi connectivity index (χ0v) is 16.9. The molecule has 1 heterocycles. The third-order valence-corrected chi connectivity index (χ3v) is 4.64. The number of amides is 2. The average Bonchev–Trinajstić information content (AvgIpc) is 3.15. The molecule has 1 aliphatic heterocycles. The monoisotopic (exact) mass is 412 g/mol. The second-order valence-corrected chi connectivity index (χ2v) is 6.66. The summed E-state index contributed by atoms with van der Waals surface area (Å²) in [5.41, 5.74) is 1.10. The van der Waals surface area contributed by atoms with Crippen LogP contribution in [0.1, 0.15) is 13.3 Å². The Bertz CT molecular complexity index is 929. The fourth-order valence-electron chi connectivity index (χ4n) is 3.24. The normalized spacial score (nSPS) is 15.6. The van der Waals surface area contributed by atoms with Crippen LogP contribution < -0.4 is 19.7 Å². The van der Waals surface area contributed by atoms with Gasteiger partial charge in [0.15, 0.2) is 6.61 Å². The lowest BCUT2D eigenvalue weighted by Crippen LogP contribution is -2.28. The van der Waals surface area contributed by atoms with Gasteiger partial charge >= 0.3 is 5.97 Å². The molecule has 0 aromatic heterocycles. The van der Waals surface area contributed by atoms with Gasteiger partial charge in [0.25, 0.3) is 5.91 Å². The minimum atomic E-state index is -0.647. The van der Waals surface area contributed by atoms with Gasteiger partial charge in [0.05, 0.1) is 31.0 Å². The van der Waals surface area contributed by atoms with Gasteiger partial charge in [-0.25, -0.2) is 0 Å². The summed E-state index contributed by atoms with van der Waals surface area (Å²) < 4.78 is 15.9. The topological polar surface area (TPSA) is 94.2 Å². The molecule has 1 aliphatic rings. The Morgan fingerprint density at radius 3 is 2.53 bits per heavy atom. The van der Waals surface area contributed by atoms with Crippen molar-refractivity contribution >= 4 is 29.2 Å². The van der Waals surface area contributed by atoms with Crippen molar-refractivity contribution in [3.8, 4) is 11.5 Å². The van der Waals surface area contributed by atoms with Crippen LogP contribution in [0.3, 0.4) is 0 Å². The van der Waals surface area contributed by atoms with E-state index in [9.17, 15) is 14.4 Å². The number of hydrogen-bond acceptors (Lipinski definition) is 6. The molecule has 1 N–H and O–H groups in total. The minimum absolute atomic E-state index is 0.0195. The highest BCUT2D eigenvalue weighted by atomic mass is 16.5. The van der Waals surface area contributed by atoms with Crippen LogP contribution in [0, 0.1) is 5.92 Å². The first-order valence-corrected chi connectivity index (χ1v) is 9.65. The first-order chi connectivity index (χ1) is 14.5. The van der Waals surface area contributed by atoms with Gasteiger partial charge < -0.3 is 24.4 Å². The molecule has 2 aromatic carbocycles. The lowest BCUT2D eigenvalue weighted by molar-refractivity contribution is -0.151. The van der Waals surface area contributed by atoms with Gasteiger partial charge in [-0.3, -0.25) is 14.4 Å². The zero-order chi connectivity index (χ0) is 21.5. The number of anilines is 2. The second-order valence-electron chi connectivity index (χ2n) is 6.66. The molecule has 1 atom stereocenters. The van der Waals surface area contributed by atoms with E-state index in [1.165, 1.54) is 12.0 Å². The molecule has 0 radical (unpaired) electrons. The van der Waals surface area contributed by atoms with Crippen LogP contribution in [0.25, 0.3) is 0 Å². The third kappa shape index (κ3) is 4.89. The van der Waals surface area contributed by atoms with Crippen LogP contribution in [0.4, 0.5) is 11.4 Å². The molecule has 30 heavy (non-hydrogen) atoms. The van der Waals surface area contributed by atoms with E-state index in [4.69, 9.17) is 14.2 Å². The quantitative estimate of drug-likeness (QED) is 0.670. The number of carbonyl (C=O) groups is 3. The molecular weight excluding hydrogens is 388 g/mol. The number of esters is 1. The van der Waals surface area contributed by atoms with Crippen LogP contribution in [-0.2, 0) is 19.1 Å². The lowest BCUT2D eigenvalue weighted by atomic mass is 10.1. The third-order valence-electron chi connectivity index (χ3n) is 4.64. The molecule has 0 spiro atoms. The number of hydrogen-bond donors (Lipinski definition) is 1. The summed E-state index contributed by atoms with van der Waals surface area (Å²) >= 11 is 0. The number of para-hydroxylation sites is 4. The predicted molar refractivity (Wildman–Crippen MR) is 111 cm³/mol. The van der Waals surface area contributed by atoms with Gasteiger partial charge in [0.2, 0.25) is 5.91 Å². The fourth-order valence-corrected chi connectivity index (χ4v) is 3.24. The SMILES string of the molecule is CCOc1ccccc1NC(=O)COC(=O)[C@H]1CC(=O)N(c2ccccc2OC)C1. The van der Waals surface area contributed by atoms with Crippen molar-refractivity contribution in [3.05, 3.63) is 48.5 Å². The number of methoxy groups -OCH3 is 1. The van der Waals surface area contributed by atoms with Crippen molar-refractivity contribution < 1.29 is 28.6 Å². The van der Waals surface area contributed by atoms with Crippen LogP contribution in [0.15, 0.2) is 48.5 Å². The highest BCUT2D eigenvalue weighted by Gasteiger charge is 2.37. The largest absolute Gasteiger partial charge is 0.495 e. The van der Waals surface area contributed by atoms with Gasteiger partial charge in [0, 0.05) is 13.0 Å². The summed E-state index contributed by atoms with van der Waals surface area (Å²) in [6.07, 6.45) is 0.0195. The van der Waals surface area contributed by atoms with Gasteiger partial charge in [0.1, 0.15) is 11.5 Å². The first-order valence-electron chi connectivity index (χ1n) is 9.65. The number of carbonyl (C=O) groups excluding carboxylic acids is 3. The highest BCUT2D eigenvalue weighted by Crippen LogP contribution is 2.33. The molecule has 1 fully saturated rings. The lowest BCUT2D eigenvalue weighted by Gasteiger charge is -2.19. The molecular formula is C22H24N2O6. The van der Waals surface area contributed by atoms with E-state index < -0.39 is 24.4 Å². The van der Waals surface area contributed by atoms with Gasteiger partial charge in [-0.2, -0.15) is 0 Å².